The lowest BCUT2D eigenvalue weighted by Crippen LogP contribution is -2.22. The fraction of sp³-hybridized carbons (Fsp3) is 0.286. The summed E-state index contributed by atoms with van der Waals surface area (Å²) in [5.41, 5.74) is 1.04. The second-order valence-corrected chi connectivity index (χ2v) is 5.93. The molecule has 108 valence electrons. The summed E-state index contributed by atoms with van der Waals surface area (Å²) in [5, 5.41) is 6.65. The summed E-state index contributed by atoms with van der Waals surface area (Å²) >= 11 is 1.56. The lowest BCUT2D eigenvalue weighted by atomic mass is 9.91. The molecular formula is C14H13N3O3S. The van der Waals surface area contributed by atoms with E-state index in [0.29, 0.717) is 12.2 Å². The van der Waals surface area contributed by atoms with Crippen molar-refractivity contribution in [2.45, 2.75) is 12.3 Å². The minimum Gasteiger partial charge on any atom is -0.454 e. The van der Waals surface area contributed by atoms with E-state index in [2.05, 4.69) is 15.6 Å². The number of carbonyl (C=O) groups is 1. The Balaban J connectivity index is 1.78. The van der Waals surface area contributed by atoms with Crippen LogP contribution in [0.3, 0.4) is 0 Å². The van der Waals surface area contributed by atoms with Gasteiger partial charge in [-0.15, -0.1) is 0 Å². The normalized spacial score (nSPS) is 19.1. The first-order valence-electron chi connectivity index (χ1n) is 6.62. The molecule has 0 bridgehead atoms. The third-order valence-electron chi connectivity index (χ3n) is 3.63. The molecule has 0 fully saturated rings. The van der Waals surface area contributed by atoms with Gasteiger partial charge in [-0.05, 0) is 17.7 Å². The number of anilines is 2. The predicted octanol–water partition coefficient (Wildman–Crippen LogP) is 2.39. The molecule has 4 rings (SSSR count). The number of hydrogen-bond donors (Lipinski definition) is 2. The van der Waals surface area contributed by atoms with Crippen molar-refractivity contribution in [3.8, 4) is 11.5 Å². The third kappa shape index (κ3) is 2.01. The van der Waals surface area contributed by atoms with Crippen LogP contribution in [0.4, 0.5) is 10.9 Å². The number of nitrogens with one attached hydrogen (secondary N) is 2. The molecule has 0 saturated carbocycles. The minimum atomic E-state index is -0.0156. The third-order valence-corrected chi connectivity index (χ3v) is 4.82. The predicted molar refractivity (Wildman–Crippen MR) is 79.3 cm³/mol. The molecular weight excluding hydrogens is 290 g/mol. The quantitative estimate of drug-likeness (QED) is 0.891. The Morgan fingerprint density at radius 3 is 3.10 bits per heavy atom. The van der Waals surface area contributed by atoms with E-state index in [-0.39, 0.29) is 18.6 Å². The van der Waals surface area contributed by atoms with Gasteiger partial charge < -0.3 is 20.1 Å². The molecule has 0 radical (unpaired) electrons. The van der Waals surface area contributed by atoms with Crippen LogP contribution in [0.5, 0.6) is 11.5 Å². The van der Waals surface area contributed by atoms with E-state index < -0.39 is 0 Å². The number of thiazole rings is 1. The molecule has 0 spiro atoms. The zero-order chi connectivity index (χ0) is 14.4. The molecule has 2 aliphatic heterocycles. The van der Waals surface area contributed by atoms with Crippen molar-refractivity contribution in [2.24, 2.45) is 0 Å². The molecule has 3 heterocycles. The van der Waals surface area contributed by atoms with Crippen molar-refractivity contribution >= 4 is 28.2 Å². The number of nitrogens with zero attached hydrogens (tertiary/aromatic N) is 1. The summed E-state index contributed by atoms with van der Waals surface area (Å²) in [6.07, 6.45) is 0.415. The van der Waals surface area contributed by atoms with Gasteiger partial charge in [-0.3, -0.25) is 4.79 Å². The molecule has 2 aliphatic rings. The lowest BCUT2D eigenvalue weighted by molar-refractivity contribution is -0.116. The number of hydrogen-bond acceptors (Lipinski definition) is 6. The van der Waals surface area contributed by atoms with Gasteiger partial charge in [0, 0.05) is 19.4 Å². The van der Waals surface area contributed by atoms with Crippen LogP contribution in [-0.4, -0.2) is 24.7 Å². The Labute approximate surface area is 125 Å². The van der Waals surface area contributed by atoms with E-state index in [4.69, 9.17) is 9.47 Å². The smallest absolute Gasteiger partial charge is 0.231 e. The lowest BCUT2D eigenvalue weighted by Gasteiger charge is -2.21. The minimum absolute atomic E-state index is 0.00264. The Morgan fingerprint density at radius 2 is 2.24 bits per heavy atom. The second-order valence-electron chi connectivity index (χ2n) is 4.90. The maximum Gasteiger partial charge on any atom is 0.231 e. The molecule has 7 heteroatoms. The molecule has 1 amide bonds. The summed E-state index contributed by atoms with van der Waals surface area (Å²) in [4.78, 5) is 17.4. The van der Waals surface area contributed by atoms with E-state index in [1.165, 1.54) is 0 Å². The molecule has 1 aromatic carbocycles. The highest BCUT2D eigenvalue weighted by Gasteiger charge is 2.31. The fourth-order valence-corrected chi connectivity index (χ4v) is 3.63. The number of ether oxygens (including phenoxy) is 2. The Kier molecular flexibility index (Phi) is 2.75. The average molecular weight is 303 g/mol. The standard InChI is InChI=1S/C14H13N3O3S/c1-15-14-17-13-12(21-14)8(5-11(18)16-13)7-2-3-9-10(4-7)20-6-19-9/h2-4,8H,5-6H2,1H3,(H,15,17)(H,16,18). The highest BCUT2D eigenvalue weighted by atomic mass is 32.1. The van der Waals surface area contributed by atoms with Gasteiger partial charge in [0.05, 0.1) is 4.88 Å². The molecule has 21 heavy (non-hydrogen) atoms. The van der Waals surface area contributed by atoms with Crippen molar-refractivity contribution in [1.29, 1.82) is 0 Å². The van der Waals surface area contributed by atoms with Crippen LogP contribution in [0.25, 0.3) is 0 Å². The summed E-state index contributed by atoms with van der Waals surface area (Å²) in [6, 6.07) is 5.83. The topological polar surface area (TPSA) is 72.5 Å². The summed E-state index contributed by atoms with van der Waals surface area (Å²) in [7, 11) is 1.82. The SMILES string of the molecule is CNc1nc2c(s1)C(c1ccc3c(c1)OCO3)CC(=O)N2. The molecule has 1 aromatic heterocycles. The van der Waals surface area contributed by atoms with E-state index in [0.717, 1.165) is 27.1 Å². The molecule has 1 unspecified atom stereocenters. The number of carbonyl (C=O) groups excluding carboxylic acids is 1. The van der Waals surface area contributed by atoms with Crippen LogP contribution in [0, 0.1) is 0 Å². The number of aromatic nitrogens is 1. The molecule has 0 aliphatic carbocycles. The summed E-state index contributed by atoms with van der Waals surface area (Å²) < 4.78 is 10.8. The first-order chi connectivity index (χ1) is 10.2. The van der Waals surface area contributed by atoms with Gasteiger partial charge in [0.15, 0.2) is 16.6 Å². The van der Waals surface area contributed by atoms with Crippen molar-refractivity contribution in [3.63, 3.8) is 0 Å². The van der Waals surface area contributed by atoms with Gasteiger partial charge in [-0.1, -0.05) is 17.4 Å². The fourth-order valence-electron chi connectivity index (χ4n) is 2.62. The molecule has 1 atom stereocenters. The average Bonchev–Trinajstić information content (AvgIpc) is 3.11. The van der Waals surface area contributed by atoms with Gasteiger partial charge in [-0.25, -0.2) is 4.98 Å². The number of amides is 1. The van der Waals surface area contributed by atoms with Crippen molar-refractivity contribution in [3.05, 3.63) is 28.6 Å². The molecule has 6 nitrogen and oxygen atoms in total. The monoisotopic (exact) mass is 303 g/mol. The van der Waals surface area contributed by atoms with Gasteiger partial charge >= 0.3 is 0 Å². The van der Waals surface area contributed by atoms with E-state index >= 15 is 0 Å². The van der Waals surface area contributed by atoms with E-state index in [9.17, 15) is 4.79 Å². The maximum atomic E-state index is 11.9. The van der Waals surface area contributed by atoms with Crippen molar-refractivity contribution < 1.29 is 14.3 Å². The Morgan fingerprint density at radius 1 is 1.38 bits per heavy atom. The van der Waals surface area contributed by atoms with Gasteiger partial charge in [0.25, 0.3) is 0 Å². The van der Waals surface area contributed by atoms with Gasteiger partial charge in [0.2, 0.25) is 12.7 Å². The van der Waals surface area contributed by atoms with Crippen molar-refractivity contribution in [1.82, 2.24) is 4.98 Å². The van der Waals surface area contributed by atoms with Crippen LogP contribution in [0.2, 0.25) is 0 Å². The Bertz CT molecular complexity index is 728. The van der Waals surface area contributed by atoms with Crippen LogP contribution >= 0.6 is 11.3 Å². The van der Waals surface area contributed by atoms with Crippen molar-refractivity contribution in [2.75, 3.05) is 24.5 Å². The summed E-state index contributed by atoms with van der Waals surface area (Å²) in [6.45, 7) is 0.250. The maximum absolute atomic E-state index is 11.9. The number of rotatable bonds is 2. The zero-order valence-electron chi connectivity index (χ0n) is 11.3. The first kappa shape index (κ1) is 12.5. The number of fused-ring (bicyclic) bond motifs is 2. The van der Waals surface area contributed by atoms with Crippen LogP contribution in [0.1, 0.15) is 22.8 Å². The Hall–Kier alpha value is -2.28. The number of benzene rings is 1. The van der Waals surface area contributed by atoms with Crippen LogP contribution in [-0.2, 0) is 4.79 Å². The van der Waals surface area contributed by atoms with Gasteiger partial charge in [-0.2, -0.15) is 0 Å². The largest absolute Gasteiger partial charge is 0.454 e. The van der Waals surface area contributed by atoms with E-state index in [1.807, 2.05) is 25.2 Å². The highest BCUT2D eigenvalue weighted by Crippen LogP contribution is 2.44. The van der Waals surface area contributed by atoms with E-state index in [1.54, 1.807) is 11.3 Å². The molecule has 2 N–H and O–H groups in total. The molecule has 0 saturated heterocycles. The second kappa shape index (κ2) is 4.63. The van der Waals surface area contributed by atoms with Gasteiger partial charge in [0.1, 0.15) is 5.82 Å². The highest BCUT2D eigenvalue weighted by molar-refractivity contribution is 7.16. The first-order valence-corrected chi connectivity index (χ1v) is 7.44. The zero-order valence-corrected chi connectivity index (χ0v) is 12.1. The molecule has 2 aromatic rings. The van der Waals surface area contributed by atoms with Crippen LogP contribution in [0.15, 0.2) is 18.2 Å². The van der Waals surface area contributed by atoms with Crippen LogP contribution < -0.4 is 20.1 Å². The summed E-state index contributed by atoms with van der Waals surface area (Å²) in [5.74, 6) is 2.13.